The number of hydrogen-bond donors (Lipinski definition) is 1. The number of rotatable bonds is 5. The largest absolute Gasteiger partial charge is 0.495 e. The topological polar surface area (TPSA) is 21.3 Å². The molecular weight excluding hydrogens is 277 g/mol. The molecule has 20 heavy (non-hydrogen) atoms. The SMILES string of the molecule is COc1ccc(CN[C@@H](C)c2ccc(F)cc2)cc1Cl. The molecule has 1 N–H and O–H groups in total. The first-order valence-corrected chi connectivity index (χ1v) is 6.79. The van der Waals surface area contributed by atoms with Crippen molar-refractivity contribution in [3.63, 3.8) is 0 Å². The summed E-state index contributed by atoms with van der Waals surface area (Å²) in [5.74, 6) is 0.449. The number of nitrogens with one attached hydrogen (secondary N) is 1. The maximum Gasteiger partial charge on any atom is 0.137 e. The maximum absolute atomic E-state index is 12.9. The van der Waals surface area contributed by atoms with Gasteiger partial charge in [-0.2, -0.15) is 0 Å². The van der Waals surface area contributed by atoms with Crippen LogP contribution in [0.3, 0.4) is 0 Å². The van der Waals surface area contributed by atoms with Gasteiger partial charge >= 0.3 is 0 Å². The molecule has 0 saturated heterocycles. The van der Waals surface area contributed by atoms with Gasteiger partial charge in [0.15, 0.2) is 0 Å². The Balaban J connectivity index is 1.97. The summed E-state index contributed by atoms with van der Waals surface area (Å²) in [4.78, 5) is 0. The average molecular weight is 294 g/mol. The second-order valence-corrected chi connectivity index (χ2v) is 5.03. The smallest absolute Gasteiger partial charge is 0.137 e. The molecule has 1 atom stereocenters. The summed E-state index contributed by atoms with van der Waals surface area (Å²) in [5, 5.41) is 3.98. The van der Waals surface area contributed by atoms with E-state index in [0.717, 1.165) is 11.1 Å². The lowest BCUT2D eigenvalue weighted by atomic mass is 10.1. The van der Waals surface area contributed by atoms with Crippen molar-refractivity contribution in [1.29, 1.82) is 0 Å². The van der Waals surface area contributed by atoms with Gasteiger partial charge in [0.2, 0.25) is 0 Å². The normalized spacial score (nSPS) is 12.2. The number of benzene rings is 2. The lowest BCUT2D eigenvalue weighted by Crippen LogP contribution is -2.18. The third kappa shape index (κ3) is 3.71. The minimum absolute atomic E-state index is 0.136. The number of methoxy groups -OCH3 is 1. The molecule has 0 aliphatic carbocycles. The molecule has 106 valence electrons. The van der Waals surface area contributed by atoms with Crippen molar-refractivity contribution in [2.75, 3.05) is 7.11 Å². The molecule has 0 aromatic heterocycles. The molecule has 0 bridgehead atoms. The second-order valence-electron chi connectivity index (χ2n) is 4.62. The van der Waals surface area contributed by atoms with E-state index in [2.05, 4.69) is 5.32 Å². The van der Waals surface area contributed by atoms with E-state index in [1.165, 1.54) is 12.1 Å². The number of halogens is 2. The first-order valence-electron chi connectivity index (χ1n) is 6.41. The zero-order valence-electron chi connectivity index (χ0n) is 11.5. The Kier molecular flexibility index (Phi) is 4.99. The molecule has 0 radical (unpaired) electrons. The standard InChI is InChI=1S/C16H17ClFNO/c1-11(13-4-6-14(18)7-5-13)19-10-12-3-8-16(20-2)15(17)9-12/h3-9,11,19H,10H2,1-2H3/t11-/m0/s1. The van der Waals surface area contributed by atoms with Crippen molar-refractivity contribution in [1.82, 2.24) is 5.32 Å². The Morgan fingerprint density at radius 3 is 2.50 bits per heavy atom. The van der Waals surface area contributed by atoms with Gasteiger partial charge in [-0.1, -0.05) is 29.8 Å². The molecule has 2 aromatic carbocycles. The van der Waals surface area contributed by atoms with Crippen LogP contribution in [0.2, 0.25) is 5.02 Å². The van der Waals surface area contributed by atoms with Crippen LogP contribution in [0.4, 0.5) is 4.39 Å². The van der Waals surface area contributed by atoms with Crippen molar-refractivity contribution in [2.45, 2.75) is 19.5 Å². The third-order valence-electron chi connectivity index (χ3n) is 3.20. The molecule has 2 aromatic rings. The second kappa shape index (κ2) is 6.73. The van der Waals surface area contributed by atoms with Crippen molar-refractivity contribution >= 4 is 11.6 Å². The lowest BCUT2D eigenvalue weighted by Gasteiger charge is -2.15. The predicted octanol–water partition coefficient (Wildman–Crippen LogP) is 4.34. The van der Waals surface area contributed by atoms with E-state index in [0.29, 0.717) is 17.3 Å². The van der Waals surface area contributed by atoms with Crippen LogP contribution in [0, 0.1) is 5.82 Å². The monoisotopic (exact) mass is 293 g/mol. The Morgan fingerprint density at radius 2 is 1.90 bits per heavy atom. The molecule has 2 nitrogen and oxygen atoms in total. The molecule has 0 amide bonds. The zero-order valence-corrected chi connectivity index (χ0v) is 12.2. The molecule has 0 spiro atoms. The Labute approximate surface area is 123 Å². The molecular formula is C16H17ClFNO. The van der Waals surface area contributed by atoms with Gasteiger partial charge in [0.1, 0.15) is 11.6 Å². The fourth-order valence-corrected chi connectivity index (χ4v) is 2.24. The summed E-state index contributed by atoms with van der Waals surface area (Å²) in [6.45, 7) is 2.72. The van der Waals surface area contributed by atoms with Crippen molar-refractivity contribution in [3.05, 3.63) is 64.4 Å². The summed E-state index contributed by atoms with van der Waals surface area (Å²) in [6.07, 6.45) is 0. The van der Waals surface area contributed by atoms with Gasteiger partial charge in [0.05, 0.1) is 12.1 Å². The molecule has 0 heterocycles. The van der Waals surface area contributed by atoms with Gasteiger partial charge in [-0.25, -0.2) is 4.39 Å². The van der Waals surface area contributed by atoms with E-state index in [-0.39, 0.29) is 11.9 Å². The van der Waals surface area contributed by atoms with E-state index in [9.17, 15) is 4.39 Å². The van der Waals surface area contributed by atoms with Gasteiger partial charge in [0, 0.05) is 12.6 Å². The number of hydrogen-bond acceptors (Lipinski definition) is 2. The minimum atomic E-state index is -0.220. The Morgan fingerprint density at radius 1 is 1.20 bits per heavy atom. The summed E-state index contributed by atoms with van der Waals surface area (Å²) in [7, 11) is 1.59. The number of ether oxygens (including phenoxy) is 1. The fourth-order valence-electron chi connectivity index (χ4n) is 1.96. The highest BCUT2D eigenvalue weighted by atomic mass is 35.5. The van der Waals surface area contributed by atoms with Crippen molar-refractivity contribution < 1.29 is 9.13 Å². The van der Waals surface area contributed by atoms with Gasteiger partial charge in [-0.05, 0) is 42.3 Å². The van der Waals surface area contributed by atoms with Crippen molar-refractivity contribution in [3.8, 4) is 5.75 Å². The fraction of sp³-hybridized carbons (Fsp3) is 0.250. The van der Waals surface area contributed by atoms with E-state index >= 15 is 0 Å². The van der Waals surface area contributed by atoms with Crippen molar-refractivity contribution in [2.24, 2.45) is 0 Å². The van der Waals surface area contributed by atoms with Crippen LogP contribution in [0.25, 0.3) is 0 Å². The van der Waals surface area contributed by atoms with Crippen LogP contribution in [0.1, 0.15) is 24.1 Å². The summed E-state index contributed by atoms with van der Waals surface area (Å²) >= 11 is 6.08. The van der Waals surface area contributed by atoms with Crippen LogP contribution in [-0.4, -0.2) is 7.11 Å². The molecule has 0 aliphatic rings. The lowest BCUT2D eigenvalue weighted by molar-refractivity contribution is 0.414. The van der Waals surface area contributed by atoms with Crippen LogP contribution in [0.15, 0.2) is 42.5 Å². The highest BCUT2D eigenvalue weighted by Crippen LogP contribution is 2.25. The van der Waals surface area contributed by atoms with Gasteiger partial charge < -0.3 is 10.1 Å². The third-order valence-corrected chi connectivity index (χ3v) is 3.49. The minimum Gasteiger partial charge on any atom is -0.495 e. The molecule has 0 fully saturated rings. The highest BCUT2D eigenvalue weighted by molar-refractivity contribution is 6.32. The van der Waals surface area contributed by atoms with Crippen LogP contribution < -0.4 is 10.1 Å². The van der Waals surface area contributed by atoms with E-state index in [1.807, 2.05) is 25.1 Å². The van der Waals surface area contributed by atoms with E-state index < -0.39 is 0 Å². The van der Waals surface area contributed by atoms with Gasteiger partial charge in [-0.3, -0.25) is 0 Å². The highest BCUT2D eigenvalue weighted by Gasteiger charge is 2.06. The van der Waals surface area contributed by atoms with Crippen LogP contribution in [-0.2, 0) is 6.54 Å². The van der Waals surface area contributed by atoms with E-state index in [1.54, 1.807) is 19.2 Å². The summed E-state index contributed by atoms with van der Waals surface area (Å²) < 4.78 is 18.0. The Bertz CT molecular complexity index is 571. The molecule has 0 unspecified atom stereocenters. The van der Waals surface area contributed by atoms with Gasteiger partial charge in [-0.15, -0.1) is 0 Å². The first kappa shape index (κ1) is 14.8. The maximum atomic E-state index is 12.9. The van der Waals surface area contributed by atoms with Gasteiger partial charge in [0.25, 0.3) is 0 Å². The quantitative estimate of drug-likeness (QED) is 0.885. The summed E-state index contributed by atoms with van der Waals surface area (Å²) in [5.41, 5.74) is 2.12. The molecule has 2 rings (SSSR count). The van der Waals surface area contributed by atoms with E-state index in [4.69, 9.17) is 16.3 Å². The first-order chi connectivity index (χ1) is 9.60. The molecule has 0 aliphatic heterocycles. The average Bonchev–Trinajstić information content (AvgIpc) is 2.45. The Hall–Kier alpha value is -1.58. The van der Waals surface area contributed by atoms with Crippen LogP contribution >= 0.6 is 11.6 Å². The summed E-state index contributed by atoms with van der Waals surface area (Å²) in [6, 6.07) is 12.3. The van der Waals surface area contributed by atoms with Crippen LogP contribution in [0.5, 0.6) is 5.75 Å². The zero-order chi connectivity index (χ0) is 14.5. The molecule has 4 heteroatoms. The predicted molar refractivity (Wildman–Crippen MR) is 79.7 cm³/mol. The molecule has 0 saturated carbocycles.